The van der Waals surface area contributed by atoms with Crippen molar-refractivity contribution in [1.29, 1.82) is 0 Å². The Morgan fingerprint density at radius 1 is 1.53 bits per heavy atom. The third-order valence-corrected chi connectivity index (χ3v) is 3.46. The van der Waals surface area contributed by atoms with Crippen LogP contribution in [0.1, 0.15) is 18.4 Å². The Balaban J connectivity index is 2.11. The van der Waals surface area contributed by atoms with Gasteiger partial charge >= 0.3 is 5.97 Å². The molecule has 0 aromatic heterocycles. The molecule has 1 aromatic rings. The van der Waals surface area contributed by atoms with Crippen molar-refractivity contribution in [3.05, 3.63) is 34.9 Å². The Bertz CT molecular complexity index is 413. The third-order valence-electron chi connectivity index (χ3n) is 3.23. The van der Waals surface area contributed by atoms with Crippen LogP contribution in [0.5, 0.6) is 0 Å². The summed E-state index contributed by atoms with van der Waals surface area (Å²) in [5, 5.41) is 0.715. The fraction of sp³-hybridized carbons (Fsp3) is 0.462. The van der Waals surface area contributed by atoms with Crippen LogP contribution in [0, 0.1) is 0 Å². The van der Waals surface area contributed by atoms with E-state index in [1.54, 1.807) is 0 Å². The lowest BCUT2D eigenvalue weighted by molar-refractivity contribution is -0.142. The van der Waals surface area contributed by atoms with Crippen LogP contribution in [-0.4, -0.2) is 26.3 Å². The van der Waals surface area contributed by atoms with Crippen molar-refractivity contribution in [2.24, 2.45) is 0 Å². The maximum Gasteiger partial charge on any atom is 0.305 e. The molecule has 3 nitrogen and oxygen atoms in total. The molecule has 2 rings (SSSR count). The van der Waals surface area contributed by atoms with E-state index >= 15 is 0 Å². The van der Waals surface area contributed by atoms with E-state index in [0.717, 1.165) is 12.0 Å². The maximum atomic E-state index is 11.2. The number of esters is 1. The average Bonchev–Trinajstić information content (AvgIpc) is 2.27. The van der Waals surface area contributed by atoms with E-state index in [1.807, 2.05) is 24.3 Å². The molecule has 0 saturated carbocycles. The zero-order chi connectivity index (χ0) is 12.3. The first-order chi connectivity index (χ1) is 8.16. The first-order valence-electron chi connectivity index (χ1n) is 5.57. The molecule has 4 heteroatoms. The van der Waals surface area contributed by atoms with Gasteiger partial charge in [-0.2, -0.15) is 0 Å². The molecule has 17 heavy (non-hydrogen) atoms. The van der Waals surface area contributed by atoms with Crippen molar-refractivity contribution in [2.75, 3.05) is 20.3 Å². The lowest BCUT2D eigenvalue weighted by Crippen LogP contribution is -2.47. The Morgan fingerprint density at radius 3 is 2.82 bits per heavy atom. The van der Waals surface area contributed by atoms with Crippen molar-refractivity contribution < 1.29 is 14.3 Å². The summed E-state index contributed by atoms with van der Waals surface area (Å²) < 4.78 is 9.97. The number of methoxy groups -OCH3 is 1. The van der Waals surface area contributed by atoms with Crippen molar-refractivity contribution >= 4 is 17.6 Å². The number of benzene rings is 1. The lowest BCUT2D eigenvalue weighted by Gasteiger charge is -2.42. The minimum absolute atomic E-state index is 0.0703. The van der Waals surface area contributed by atoms with Crippen LogP contribution in [0.4, 0.5) is 0 Å². The summed E-state index contributed by atoms with van der Waals surface area (Å²) >= 11 is 5.99. The summed E-state index contributed by atoms with van der Waals surface area (Å²) in [6.07, 6.45) is 1.15. The topological polar surface area (TPSA) is 35.5 Å². The van der Waals surface area contributed by atoms with E-state index in [2.05, 4.69) is 4.74 Å². The fourth-order valence-electron chi connectivity index (χ4n) is 2.07. The molecule has 1 heterocycles. The van der Waals surface area contributed by atoms with Gasteiger partial charge in [-0.25, -0.2) is 0 Å². The van der Waals surface area contributed by atoms with Crippen LogP contribution < -0.4 is 0 Å². The molecule has 0 aliphatic carbocycles. The second kappa shape index (κ2) is 5.07. The Morgan fingerprint density at radius 2 is 2.29 bits per heavy atom. The van der Waals surface area contributed by atoms with Gasteiger partial charge in [0.05, 0.1) is 20.3 Å². The molecule has 0 spiro atoms. The second-order valence-electron chi connectivity index (χ2n) is 4.36. The van der Waals surface area contributed by atoms with Crippen molar-refractivity contribution in [2.45, 2.75) is 18.3 Å². The van der Waals surface area contributed by atoms with Crippen LogP contribution in [0.2, 0.25) is 5.02 Å². The van der Waals surface area contributed by atoms with Gasteiger partial charge in [0, 0.05) is 16.9 Å². The summed E-state index contributed by atoms with van der Waals surface area (Å²) in [7, 11) is 1.41. The molecule has 0 bridgehead atoms. The largest absolute Gasteiger partial charge is 0.469 e. The van der Waals surface area contributed by atoms with Gasteiger partial charge in [-0.3, -0.25) is 4.79 Å². The van der Waals surface area contributed by atoms with Crippen LogP contribution in [0.15, 0.2) is 24.3 Å². The molecular weight excluding hydrogens is 240 g/mol. The molecule has 1 fully saturated rings. The summed E-state index contributed by atoms with van der Waals surface area (Å²) in [6, 6.07) is 7.75. The molecule has 1 aliphatic rings. The third kappa shape index (κ3) is 2.61. The van der Waals surface area contributed by atoms with Crippen molar-refractivity contribution in [3.63, 3.8) is 0 Å². The predicted molar refractivity (Wildman–Crippen MR) is 65.2 cm³/mol. The van der Waals surface area contributed by atoms with Crippen LogP contribution >= 0.6 is 11.6 Å². The monoisotopic (exact) mass is 254 g/mol. The summed E-state index contributed by atoms with van der Waals surface area (Å²) in [5.74, 6) is -0.182. The summed E-state index contributed by atoms with van der Waals surface area (Å²) in [5.41, 5.74) is 1.07. The minimum Gasteiger partial charge on any atom is -0.469 e. The van der Waals surface area contributed by atoms with Crippen molar-refractivity contribution in [1.82, 2.24) is 0 Å². The maximum absolute atomic E-state index is 11.2. The normalized spacial score (nSPS) is 17.3. The van der Waals surface area contributed by atoms with E-state index in [4.69, 9.17) is 16.3 Å². The standard InChI is InChI=1S/C13H15ClO3/c1-16-12(15)5-6-13(8-17-9-13)10-3-2-4-11(14)7-10/h2-4,7H,5-6,8-9H2,1H3. The highest BCUT2D eigenvalue weighted by atomic mass is 35.5. The Kier molecular flexibility index (Phi) is 3.69. The second-order valence-corrected chi connectivity index (χ2v) is 4.80. The number of hydrogen-bond acceptors (Lipinski definition) is 3. The number of ether oxygens (including phenoxy) is 2. The Hall–Kier alpha value is -1.06. The highest BCUT2D eigenvalue weighted by molar-refractivity contribution is 6.30. The number of carbonyl (C=O) groups excluding carboxylic acids is 1. The molecule has 1 aromatic carbocycles. The zero-order valence-corrected chi connectivity index (χ0v) is 10.5. The van der Waals surface area contributed by atoms with Crippen molar-refractivity contribution in [3.8, 4) is 0 Å². The zero-order valence-electron chi connectivity index (χ0n) is 9.74. The number of halogens is 1. The quantitative estimate of drug-likeness (QED) is 0.775. The van der Waals surface area contributed by atoms with Gasteiger partial charge in [0.2, 0.25) is 0 Å². The van der Waals surface area contributed by atoms with Gasteiger partial charge in [-0.1, -0.05) is 23.7 Å². The van der Waals surface area contributed by atoms with E-state index < -0.39 is 0 Å². The smallest absolute Gasteiger partial charge is 0.305 e. The fourth-order valence-corrected chi connectivity index (χ4v) is 2.26. The molecule has 0 N–H and O–H groups in total. The van der Waals surface area contributed by atoms with Gasteiger partial charge in [0.25, 0.3) is 0 Å². The highest BCUT2D eigenvalue weighted by Crippen LogP contribution is 2.37. The molecule has 0 radical (unpaired) electrons. The van der Waals surface area contributed by atoms with E-state index in [0.29, 0.717) is 24.7 Å². The van der Waals surface area contributed by atoms with Crippen LogP contribution in [0.25, 0.3) is 0 Å². The highest BCUT2D eigenvalue weighted by Gasteiger charge is 2.40. The average molecular weight is 255 g/mol. The molecule has 0 atom stereocenters. The SMILES string of the molecule is COC(=O)CCC1(c2cccc(Cl)c2)COC1. The number of rotatable bonds is 4. The van der Waals surface area contributed by atoms with E-state index in [9.17, 15) is 4.79 Å². The molecule has 1 saturated heterocycles. The molecule has 1 aliphatic heterocycles. The number of carbonyl (C=O) groups is 1. The molecular formula is C13H15ClO3. The minimum atomic E-state index is -0.182. The molecule has 0 unspecified atom stereocenters. The van der Waals surface area contributed by atoms with Gasteiger partial charge < -0.3 is 9.47 Å². The Labute approximate surface area is 106 Å². The predicted octanol–water partition coefficient (Wildman–Crippen LogP) is 2.56. The van der Waals surface area contributed by atoms with Crippen LogP contribution in [-0.2, 0) is 19.7 Å². The van der Waals surface area contributed by atoms with Gasteiger partial charge in [0.15, 0.2) is 0 Å². The summed E-state index contributed by atoms with van der Waals surface area (Å²) in [6.45, 7) is 1.29. The van der Waals surface area contributed by atoms with Gasteiger partial charge in [-0.05, 0) is 24.1 Å². The summed E-state index contributed by atoms with van der Waals surface area (Å²) in [4.78, 5) is 11.2. The first kappa shape index (κ1) is 12.4. The molecule has 0 amide bonds. The number of hydrogen-bond donors (Lipinski definition) is 0. The lowest BCUT2D eigenvalue weighted by atomic mass is 9.75. The first-order valence-corrected chi connectivity index (χ1v) is 5.95. The van der Waals surface area contributed by atoms with E-state index in [1.165, 1.54) is 7.11 Å². The van der Waals surface area contributed by atoms with Crippen LogP contribution in [0.3, 0.4) is 0 Å². The van der Waals surface area contributed by atoms with E-state index in [-0.39, 0.29) is 11.4 Å². The molecule has 92 valence electrons. The van der Waals surface area contributed by atoms with Gasteiger partial charge in [-0.15, -0.1) is 0 Å². The van der Waals surface area contributed by atoms with Gasteiger partial charge in [0.1, 0.15) is 0 Å².